The molecule has 2 fully saturated rings. The van der Waals surface area contributed by atoms with E-state index in [-0.39, 0.29) is 97.9 Å². The van der Waals surface area contributed by atoms with Crippen molar-refractivity contribution in [3.8, 4) is 5.75 Å². The second-order valence-electron chi connectivity index (χ2n) is 35.5. The minimum atomic E-state index is -2.59. The van der Waals surface area contributed by atoms with E-state index in [1.54, 1.807) is 39.8 Å². The van der Waals surface area contributed by atoms with Crippen molar-refractivity contribution in [2.24, 2.45) is 35.1 Å². The maximum atomic E-state index is 15.3. The lowest BCUT2D eigenvalue weighted by Gasteiger charge is -2.32. The number of carbonyl (C=O) groups is 17. The first-order chi connectivity index (χ1) is 65.3. The lowest BCUT2D eigenvalue weighted by molar-refractivity contribution is -0.144. The smallest absolute Gasteiger partial charge is 0.415 e. The third-order valence-electron chi connectivity index (χ3n) is 24.9. The zero-order valence-corrected chi connectivity index (χ0v) is 78.7. The Hall–Kier alpha value is -12.8. The van der Waals surface area contributed by atoms with Crippen LogP contribution in [0.4, 0.5) is 15.3 Å². The molecule has 3 aromatic carbocycles. The van der Waals surface area contributed by atoms with Gasteiger partial charge in [0.25, 0.3) is 5.91 Å². The molecule has 5 aliphatic rings. The van der Waals surface area contributed by atoms with Crippen LogP contribution in [0.2, 0.25) is 0 Å². The van der Waals surface area contributed by atoms with Gasteiger partial charge >= 0.3 is 12.2 Å². The number of aliphatic hydroxyl groups excluding tert-OH is 3. The van der Waals surface area contributed by atoms with Crippen LogP contribution in [0.5, 0.6) is 5.75 Å². The van der Waals surface area contributed by atoms with Crippen LogP contribution in [0.3, 0.4) is 0 Å². The highest BCUT2D eigenvalue weighted by Gasteiger charge is 2.47. The molecular weight excluding hydrogens is 1810 g/mol. The van der Waals surface area contributed by atoms with Gasteiger partial charge in [-0.05, 0) is 119 Å². The highest BCUT2D eigenvalue weighted by Crippen LogP contribution is 2.38. The number of carbonyl (C=O) groups excluding carboxylic acids is 17. The molecular formula is C91H126N20O25S. The molecule has 0 radical (unpaired) electrons. The van der Waals surface area contributed by atoms with Gasteiger partial charge in [0.05, 0.1) is 99.1 Å². The van der Waals surface area contributed by atoms with Crippen molar-refractivity contribution in [1.29, 1.82) is 0 Å². The molecule has 746 valence electrons. The van der Waals surface area contributed by atoms with E-state index >= 15 is 4.55 Å². The van der Waals surface area contributed by atoms with E-state index in [0.717, 1.165) is 34.6 Å². The zero-order valence-electron chi connectivity index (χ0n) is 77.9. The number of nitrogens with zero attached hydrogens (tertiary/aromatic N) is 5. The molecule has 3 unspecified atom stereocenters. The predicted molar refractivity (Wildman–Crippen MR) is 492 cm³/mol. The number of rotatable bonds is 33. The molecule has 5 aromatic rings. The quantitative estimate of drug-likeness (QED) is 0.0160. The number of nitrogens with one attached hydrogen (secondary N) is 13. The lowest BCUT2D eigenvalue weighted by Crippen LogP contribution is -2.62. The van der Waals surface area contributed by atoms with Gasteiger partial charge in [-0.3, -0.25) is 71.9 Å². The summed E-state index contributed by atoms with van der Waals surface area (Å²) in [6.45, 7) is 7.52. The monoisotopic (exact) mass is 1930 g/mol. The number of ether oxygens (including phenoxy) is 4. The summed E-state index contributed by atoms with van der Waals surface area (Å²) in [5, 5.41) is 62.0. The van der Waals surface area contributed by atoms with Crippen LogP contribution in [0, 0.1) is 23.7 Å². The average Bonchev–Trinajstić information content (AvgIpc) is 1.71. The number of aromatic amines is 1. The van der Waals surface area contributed by atoms with Crippen LogP contribution in [-0.2, 0) is 118 Å². The minimum Gasteiger partial charge on any atom is -0.610 e. The van der Waals surface area contributed by atoms with Crippen LogP contribution in [-0.4, -0.2) is 308 Å². The molecule has 45 nitrogen and oxygen atoms in total. The minimum absolute atomic E-state index is 0.00895. The summed E-state index contributed by atoms with van der Waals surface area (Å²) in [7, 11) is 1.40. The number of likely N-dealkylation sites (N-methyl/N-ethyl adjacent to an activating group) is 1. The van der Waals surface area contributed by atoms with E-state index in [2.05, 4.69) is 68.8 Å². The number of hydrogen-bond acceptors (Lipinski definition) is 27. The SMILES string of the molecule is CC[C@H](C)[C@@H]1NC(=O)CNC(=O)[C@H]2Cc3c([nH]c4cc(OC(=O)N(CCN(C)C(=O)OCc5ccc(NC(=O)[C@H](CC(N)=O)NC(=O)[C@H](C)NC(=O)[C@H](C)NC(=O)CCOCCOCCNC(=O)c6ccc7nc8c(nc7c6)CC6CCCCCCCC6C8)cc5)C(C)C)ccc34)[S+]([O-])C[C@H](NC(=O)CNC1=O)C(=O)N[C@@H](CC(N)=O)C(=O)N1C[C@H](O)C[C@H]1C(=O)N[C@@H]([C@@H](C)[C@@H](O)CO)C(=O)N2. The Morgan fingerprint density at radius 2 is 1.31 bits per heavy atom. The van der Waals surface area contributed by atoms with Gasteiger partial charge in [-0.1, -0.05) is 71.4 Å². The Morgan fingerprint density at radius 1 is 0.664 bits per heavy atom. The summed E-state index contributed by atoms with van der Waals surface area (Å²) in [6, 6.07) is 0.0965. The molecule has 16 atom stereocenters. The van der Waals surface area contributed by atoms with E-state index in [9.17, 15) is 96.8 Å². The van der Waals surface area contributed by atoms with Gasteiger partial charge in [0.1, 0.15) is 66.4 Å². The molecule has 2 bridgehead atoms. The van der Waals surface area contributed by atoms with Crippen LogP contribution >= 0.6 is 0 Å². The highest BCUT2D eigenvalue weighted by molar-refractivity contribution is 7.91. The van der Waals surface area contributed by atoms with Crippen molar-refractivity contribution >= 4 is 140 Å². The first-order valence-corrected chi connectivity index (χ1v) is 47.4. The number of benzene rings is 3. The molecule has 17 amide bonds. The average molecular weight is 1930 g/mol. The number of primary amides is 2. The molecule has 5 heterocycles. The fourth-order valence-electron chi connectivity index (χ4n) is 16.8. The number of hydrogen-bond donors (Lipinski definition) is 18. The molecule has 3 aliphatic heterocycles. The molecule has 10 rings (SSSR count). The Balaban J connectivity index is 0.710. The normalized spacial score (nSPS) is 22.3. The summed E-state index contributed by atoms with van der Waals surface area (Å²) < 4.78 is 38.0. The summed E-state index contributed by atoms with van der Waals surface area (Å²) in [5.41, 5.74) is 15.7. The summed E-state index contributed by atoms with van der Waals surface area (Å²) in [6.07, 6.45) is 3.22. The number of anilines is 1. The third kappa shape index (κ3) is 30.1. The van der Waals surface area contributed by atoms with E-state index in [1.165, 1.54) is 125 Å². The van der Waals surface area contributed by atoms with E-state index in [1.807, 2.05) is 6.07 Å². The number of amides is 17. The summed E-state index contributed by atoms with van der Waals surface area (Å²) >= 11 is -2.59. The third-order valence-corrected chi connectivity index (χ3v) is 26.3. The van der Waals surface area contributed by atoms with Gasteiger partial charge in [0, 0.05) is 104 Å². The maximum absolute atomic E-state index is 15.3. The molecule has 1 saturated heterocycles. The van der Waals surface area contributed by atoms with Gasteiger partial charge in [-0.2, -0.15) is 0 Å². The first-order valence-electron chi connectivity index (χ1n) is 46.1. The number of aromatic nitrogens is 3. The molecule has 137 heavy (non-hydrogen) atoms. The molecule has 2 aliphatic carbocycles. The Morgan fingerprint density at radius 3 is 1.98 bits per heavy atom. The largest absolute Gasteiger partial charge is 0.610 e. The van der Waals surface area contributed by atoms with E-state index < -0.39 is 248 Å². The Labute approximate surface area is 793 Å². The standard InChI is InChI=1S/C91H126N20O25S/c1-9-48(4)77-86(127)96-41-75(118)102-69-46-137(132)88-60(38-66(82(123)95-42-76(119)107-77)104-87(128)78(49(5)71(114)44-112)108-85(126)70-36-57(113)43-111(70)89(129)68(40-73(93)116)105-84(69)125)59-23-22-58(37-62(59)106-88)136-91(131)110(47(2)3)28-27-109(8)90(130)135-45-52-17-20-56(21-18-52)99-83(124)67(39-72(92)115)103-80(121)51(7)98-79(120)50(6)97-74(117)25-29-133-31-32-134-30-26-94-81(122)55-19-24-61-63(35-55)101-65-34-54-16-14-12-10-11-13-15-53(54)33-64(65)100-61/h17-24,35,37,47-51,53-54,57,66-71,77-78,106,112-114H,9-16,25-34,36,38-46H2,1-8H3,(H2,92,115)(H2,93,116)(H,94,122)(H,95,123)(H,96,127)(H,97,117)(H,98,120)(H,99,124)(H,102,118)(H,103,121)(H,104,128)(H,105,125)(H,107,119)(H,108,126)/t48-,49-,50-,51-,53?,54?,57+,66+,67-,68-,69-,70-,71-,77-,78-,137?/m0/s1. The predicted octanol–water partition coefficient (Wildman–Crippen LogP) is -1.97. The number of nitrogens with two attached hydrogens (primary N) is 2. The molecule has 1 saturated carbocycles. The van der Waals surface area contributed by atoms with Gasteiger partial charge in [0.2, 0.25) is 87.7 Å². The van der Waals surface area contributed by atoms with Crippen molar-refractivity contribution in [3.05, 3.63) is 88.7 Å². The molecule has 2 aromatic heterocycles. The van der Waals surface area contributed by atoms with Crippen molar-refractivity contribution < 1.29 is 120 Å². The fourth-order valence-corrected chi connectivity index (χ4v) is 18.2. The first kappa shape index (κ1) is 106. The zero-order chi connectivity index (χ0) is 99.6. The van der Waals surface area contributed by atoms with Crippen molar-refractivity contribution in [3.63, 3.8) is 0 Å². The van der Waals surface area contributed by atoms with Gasteiger partial charge in [-0.15, -0.1) is 0 Å². The topological polar surface area (TPSA) is 659 Å². The Kier molecular flexibility index (Phi) is 39.1. The van der Waals surface area contributed by atoms with Crippen LogP contribution in [0.25, 0.3) is 21.9 Å². The number of fused-ring (bicyclic) bond motifs is 8. The van der Waals surface area contributed by atoms with Crippen LogP contribution in [0.1, 0.15) is 158 Å². The second kappa shape index (κ2) is 50.4. The van der Waals surface area contributed by atoms with E-state index in [4.69, 9.17) is 40.4 Å². The van der Waals surface area contributed by atoms with Crippen molar-refractivity contribution in [1.82, 2.24) is 88.1 Å². The van der Waals surface area contributed by atoms with Crippen LogP contribution in [0.15, 0.2) is 65.7 Å². The van der Waals surface area contributed by atoms with E-state index in [0.29, 0.717) is 34.9 Å². The lowest BCUT2D eigenvalue weighted by atomic mass is 9.75. The van der Waals surface area contributed by atoms with Gasteiger partial charge in [0.15, 0.2) is 6.04 Å². The summed E-state index contributed by atoms with van der Waals surface area (Å²) in [4.78, 5) is 250. The summed E-state index contributed by atoms with van der Waals surface area (Å²) in [5.74, 6) is -16.0. The number of aliphatic hydroxyl groups is 3. The van der Waals surface area contributed by atoms with Crippen molar-refractivity contribution in [2.45, 2.75) is 229 Å². The molecule has 0 spiro atoms. The highest BCUT2D eigenvalue weighted by atomic mass is 32.2. The molecule has 46 heteroatoms. The molecule has 20 N–H and O–H groups in total. The Bertz CT molecular complexity index is 5220. The van der Waals surface area contributed by atoms with Gasteiger partial charge in [-0.25, -0.2) is 19.6 Å². The van der Waals surface area contributed by atoms with Crippen LogP contribution < -0.4 is 80.0 Å². The van der Waals surface area contributed by atoms with Crippen molar-refractivity contribution in [2.75, 3.05) is 90.4 Å². The second-order valence-corrected chi connectivity index (χ2v) is 37.0. The maximum Gasteiger partial charge on any atom is 0.415 e. The fraction of sp³-hybridized carbons (Fsp3) is 0.571. The van der Waals surface area contributed by atoms with Gasteiger partial charge < -0.3 is 134 Å². The number of H-pyrrole nitrogens is 1.